The molecule has 50 valence electrons. The second kappa shape index (κ2) is 1.70. The first kappa shape index (κ1) is 5.23. The minimum Gasteiger partial charge on any atom is -0.463 e. The van der Waals surface area contributed by atoms with E-state index >= 15 is 0 Å². The zero-order valence-electron chi connectivity index (χ0n) is 5.00. The highest BCUT2D eigenvalue weighted by Crippen LogP contribution is 2.27. The quantitative estimate of drug-likeness (QED) is 0.429. The molecule has 2 saturated heterocycles. The van der Waals surface area contributed by atoms with E-state index in [1.807, 2.05) is 0 Å². The molecule has 0 spiro atoms. The summed E-state index contributed by atoms with van der Waals surface area (Å²) in [5.41, 5.74) is 0. The van der Waals surface area contributed by atoms with E-state index in [0.717, 1.165) is 13.0 Å². The molecule has 0 amide bonds. The molecule has 0 aromatic carbocycles. The molecule has 0 saturated carbocycles. The van der Waals surface area contributed by atoms with Gasteiger partial charge in [0.1, 0.15) is 12.7 Å². The Labute approximate surface area is 52.9 Å². The van der Waals surface area contributed by atoms with Gasteiger partial charge in [-0.25, -0.2) is 0 Å². The number of carbonyl (C=O) groups is 1. The van der Waals surface area contributed by atoms with Crippen LogP contribution in [0, 0.1) is 5.92 Å². The van der Waals surface area contributed by atoms with Crippen molar-refractivity contribution >= 4 is 5.97 Å². The van der Waals surface area contributed by atoms with Gasteiger partial charge in [-0.2, -0.15) is 0 Å². The SMILES string of the molecule is O=C1OCC2OCCC12. The highest BCUT2D eigenvalue weighted by atomic mass is 16.6. The lowest BCUT2D eigenvalue weighted by Crippen LogP contribution is -2.14. The molecule has 2 fully saturated rings. The number of carbonyl (C=O) groups excluding carboxylic acids is 1. The molecule has 2 heterocycles. The predicted octanol–water partition coefficient (Wildman–Crippen LogP) is -0.0517. The zero-order valence-corrected chi connectivity index (χ0v) is 5.00. The van der Waals surface area contributed by atoms with Crippen molar-refractivity contribution in [1.82, 2.24) is 0 Å². The minimum absolute atomic E-state index is 0.0602. The fourth-order valence-corrected chi connectivity index (χ4v) is 1.35. The Morgan fingerprint density at radius 1 is 1.56 bits per heavy atom. The fourth-order valence-electron chi connectivity index (χ4n) is 1.35. The highest BCUT2D eigenvalue weighted by Gasteiger charge is 2.41. The molecule has 0 aromatic heterocycles. The van der Waals surface area contributed by atoms with E-state index in [-0.39, 0.29) is 18.0 Å². The molecule has 2 atom stereocenters. The third-order valence-corrected chi connectivity index (χ3v) is 1.90. The van der Waals surface area contributed by atoms with Crippen LogP contribution in [0.15, 0.2) is 0 Å². The summed E-state index contributed by atoms with van der Waals surface area (Å²) in [6.45, 7) is 1.20. The molecule has 3 heteroatoms. The zero-order chi connectivity index (χ0) is 6.27. The van der Waals surface area contributed by atoms with Gasteiger partial charge in [-0.1, -0.05) is 0 Å². The Hall–Kier alpha value is -0.570. The van der Waals surface area contributed by atoms with Gasteiger partial charge in [0, 0.05) is 6.61 Å². The lowest BCUT2D eigenvalue weighted by Gasteiger charge is -1.98. The molecule has 0 N–H and O–H groups in total. The lowest BCUT2D eigenvalue weighted by molar-refractivity contribution is -0.141. The lowest BCUT2D eigenvalue weighted by atomic mass is 10.1. The van der Waals surface area contributed by atoms with Crippen molar-refractivity contribution < 1.29 is 14.3 Å². The molecule has 2 unspecified atom stereocenters. The van der Waals surface area contributed by atoms with Gasteiger partial charge in [0.25, 0.3) is 0 Å². The maximum atomic E-state index is 10.8. The van der Waals surface area contributed by atoms with Crippen LogP contribution >= 0.6 is 0 Å². The minimum atomic E-state index is -0.0718. The molecule has 0 aliphatic carbocycles. The normalized spacial score (nSPS) is 40.7. The van der Waals surface area contributed by atoms with Gasteiger partial charge in [-0.05, 0) is 6.42 Å². The van der Waals surface area contributed by atoms with E-state index in [1.54, 1.807) is 0 Å². The fraction of sp³-hybridized carbons (Fsp3) is 0.833. The van der Waals surface area contributed by atoms with Gasteiger partial charge in [-0.3, -0.25) is 4.79 Å². The summed E-state index contributed by atoms with van der Waals surface area (Å²) in [5.74, 6) is -0.0116. The Bertz CT molecular complexity index is 143. The van der Waals surface area contributed by atoms with Crippen LogP contribution in [-0.4, -0.2) is 25.3 Å². The topological polar surface area (TPSA) is 35.5 Å². The molecule has 2 aliphatic rings. The largest absolute Gasteiger partial charge is 0.463 e. The van der Waals surface area contributed by atoms with Gasteiger partial charge in [-0.15, -0.1) is 0 Å². The van der Waals surface area contributed by atoms with Crippen molar-refractivity contribution in [3.63, 3.8) is 0 Å². The maximum Gasteiger partial charge on any atom is 0.311 e. The van der Waals surface area contributed by atoms with Gasteiger partial charge < -0.3 is 9.47 Å². The van der Waals surface area contributed by atoms with E-state index in [9.17, 15) is 4.79 Å². The van der Waals surface area contributed by atoms with Gasteiger partial charge in [0.15, 0.2) is 0 Å². The molecular weight excluding hydrogens is 120 g/mol. The molecule has 2 rings (SSSR count). The average molecular weight is 128 g/mol. The number of hydrogen-bond acceptors (Lipinski definition) is 3. The van der Waals surface area contributed by atoms with E-state index in [0.29, 0.717) is 6.61 Å². The molecular formula is C6H8O3. The monoisotopic (exact) mass is 128 g/mol. The van der Waals surface area contributed by atoms with Crippen molar-refractivity contribution in [3.8, 4) is 0 Å². The number of cyclic esters (lactones) is 1. The standard InChI is InChI=1S/C6H8O3/c7-6-4-1-2-8-5(4)3-9-6/h4-5H,1-3H2. The van der Waals surface area contributed by atoms with Gasteiger partial charge in [0.2, 0.25) is 0 Å². The van der Waals surface area contributed by atoms with Crippen LogP contribution in [0.5, 0.6) is 0 Å². The molecule has 3 nitrogen and oxygen atoms in total. The molecule has 0 bridgehead atoms. The number of hydrogen-bond donors (Lipinski definition) is 0. The van der Waals surface area contributed by atoms with Crippen LogP contribution in [0.4, 0.5) is 0 Å². The van der Waals surface area contributed by atoms with Crippen LogP contribution < -0.4 is 0 Å². The van der Waals surface area contributed by atoms with Crippen molar-refractivity contribution in [2.45, 2.75) is 12.5 Å². The van der Waals surface area contributed by atoms with Crippen LogP contribution in [0.2, 0.25) is 0 Å². The number of rotatable bonds is 0. The smallest absolute Gasteiger partial charge is 0.311 e. The van der Waals surface area contributed by atoms with Gasteiger partial charge in [0.05, 0.1) is 5.92 Å². The predicted molar refractivity (Wildman–Crippen MR) is 28.8 cm³/mol. The second-order valence-electron chi connectivity index (χ2n) is 2.43. The first-order valence-electron chi connectivity index (χ1n) is 3.16. The van der Waals surface area contributed by atoms with E-state index in [4.69, 9.17) is 9.47 Å². The van der Waals surface area contributed by atoms with Crippen LogP contribution in [0.25, 0.3) is 0 Å². The Morgan fingerprint density at radius 2 is 2.44 bits per heavy atom. The van der Waals surface area contributed by atoms with Crippen molar-refractivity contribution in [1.29, 1.82) is 0 Å². The highest BCUT2D eigenvalue weighted by molar-refractivity contribution is 5.75. The third kappa shape index (κ3) is 0.645. The molecule has 9 heavy (non-hydrogen) atoms. The molecule has 0 radical (unpaired) electrons. The van der Waals surface area contributed by atoms with Crippen molar-refractivity contribution in [3.05, 3.63) is 0 Å². The van der Waals surface area contributed by atoms with E-state index in [2.05, 4.69) is 0 Å². The van der Waals surface area contributed by atoms with Crippen LogP contribution in [0.3, 0.4) is 0 Å². The number of fused-ring (bicyclic) bond motifs is 1. The van der Waals surface area contributed by atoms with Crippen molar-refractivity contribution in [2.24, 2.45) is 5.92 Å². The van der Waals surface area contributed by atoms with E-state index < -0.39 is 0 Å². The first-order chi connectivity index (χ1) is 4.38. The summed E-state index contributed by atoms with van der Waals surface area (Å²) in [7, 11) is 0. The summed E-state index contributed by atoms with van der Waals surface area (Å²) in [6, 6.07) is 0. The maximum absolute atomic E-state index is 10.8. The second-order valence-corrected chi connectivity index (χ2v) is 2.43. The Balaban J connectivity index is 2.15. The first-order valence-corrected chi connectivity index (χ1v) is 3.16. The summed E-state index contributed by atoms with van der Waals surface area (Å²) in [6.07, 6.45) is 0.932. The van der Waals surface area contributed by atoms with Crippen molar-refractivity contribution in [2.75, 3.05) is 13.2 Å². The number of ether oxygens (including phenoxy) is 2. The summed E-state index contributed by atoms with van der Waals surface area (Å²) >= 11 is 0. The average Bonchev–Trinajstić information content (AvgIpc) is 2.35. The Kier molecular flexibility index (Phi) is 0.990. The molecule has 2 aliphatic heterocycles. The summed E-state index contributed by atoms with van der Waals surface area (Å²) < 4.78 is 9.96. The summed E-state index contributed by atoms with van der Waals surface area (Å²) in [5, 5.41) is 0. The van der Waals surface area contributed by atoms with Gasteiger partial charge >= 0.3 is 5.97 Å². The van der Waals surface area contributed by atoms with E-state index in [1.165, 1.54) is 0 Å². The summed E-state index contributed by atoms with van der Waals surface area (Å²) in [4.78, 5) is 10.8. The third-order valence-electron chi connectivity index (χ3n) is 1.90. The van der Waals surface area contributed by atoms with Crippen LogP contribution in [0.1, 0.15) is 6.42 Å². The molecule has 0 aromatic rings. The number of esters is 1. The van der Waals surface area contributed by atoms with Crippen LogP contribution in [-0.2, 0) is 14.3 Å². The Morgan fingerprint density at radius 3 is 3.22 bits per heavy atom.